The summed E-state index contributed by atoms with van der Waals surface area (Å²) in [6.45, 7) is 5.92. The molecule has 14 heteroatoms. The molecule has 1 aliphatic carbocycles. The Morgan fingerprint density at radius 1 is 1.19 bits per heavy atom. The van der Waals surface area contributed by atoms with Gasteiger partial charge in [0, 0.05) is 29.8 Å². The maximum Gasteiger partial charge on any atom is 0.276 e. The average molecular weight is 597 g/mol. The number of amides is 2. The van der Waals surface area contributed by atoms with Crippen LogP contribution in [0.3, 0.4) is 0 Å². The Balaban J connectivity index is 1.20. The summed E-state index contributed by atoms with van der Waals surface area (Å²) in [4.78, 5) is 35.5. The Hall–Kier alpha value is -4.39. The molecule has 3 aromatic heterocycles. The molecule has 3 atom stereocenters. The zero-order valence-corrected chi connectivity index (χ0v) is 23.4. The molecule has 6 rings (SSSR count). The zero-order valence-electron chi connectivity index (χ0n) is 22.6. The Labute approximate surface area is 242 Å². The predicted molar refractivity (Wildman–Crippen MR) is 147 cm³/mol. The number of aromatic nitrogens is 6. The fraction of sp³-hybridized carbons (Fsp3) is 0.321. The van der Waals surface area contributed by atoms with Crippen molar-refractivity contribution in [1.82, 2.24) is 29.9 Å². The van der Waals surface area contributed by atoms with Crippen LogP contribution in [0.2, 0.25) is 5.02 Å². The van der Waals surface area contributed by atoms with Crippen molar-refractivity contribution in [2.45, 2.75) is 39.7 Å². The van der Waals surface area contributed by atoms with Crippen LogP contribution < -0.4 is 10.2 Å². The van der Waals surface area contributed by atoms with Gasteiger partial charge < -0.3 is 5.32 Å². The summed E-state index contributed by atoms with van der Waals surface area (Å²) in [6.07, 6.45) is 2.08. The van der Waals surface area contributed by atoms with Gasteiger partial charge in [0.1, 0.15) is 5.69 Å². The number of carbonyl (C=O) groups excluding carboxylic acids is 2. The van der Waals surface area contributed by atoms with Crippen LogP contribution in [0.4, 0.5) is 24.7 Å². The summed E-state index contributed by atoms with van der Waals surface area (Å²) < 4.78 is 43.6. The molecule has 1 aliphatic heterocycles. The third kappa shape index (κ3) is 4.87. The summed E-state index contributed by atoms with van der Waals surface area (Å²) in [5.74, 6) is -0.572. The van der Waals surface area contributed by atoms with Crippen molar-refractivity contribution in [3.8, 4) is 11.3 Å². The minimum absolute atomic E-state index is 0.100. The summed E-state index contributed by atoms with van der Waals surface area (Å²) in [6, 6.07) is 3.54. The second-order valence-electron chi connectivity index (χ2n) is 10.5. The number of aryl methyl sites for hydroxylation is 2. The Kier molecular flexibility index (Phi) is 6.92. The molecule has 0 bridgehead atoms. The predicted octanol–water partition coefficient (Wildman–Crippen LogP) is 5.32. The molecule has 216 valence electrons. The van der Waals surface area contributed by atoms with E-state index in [2.05, 4.69) is 30.6 Å². The van der Waals surface area contributed by atoms with Crippen LogP contribution in [0.25, 0.3) is 11.3 Å². The maximum atomic E-state index is 14.8. The largest absolute Gasteiger partial charge is 0.318 e. The number of hydrogen-bond donors (Lipinski definition) is 1. The molecular formula is C28H24ClF3N8O2. The van der Waals surface area contributed by atoms with Crippen molar-refractivity contribution < 1.29 is 22.8 Å². The monoisotopic (exact) mass is 596 g/mol. The molecule has 1 unspecified atom stereocenters. The number of carbonyl (C=O) groups is 2. The topological polar surface area (TPSA) is 119 Å². The summed E-state index contributed by atoms with van der Waals surface area (Å²) in [5.41, 5.74) is 0.390. The SMILES string of the molecule is Cc1cc(C(C)n2cc(NC(=O)c3nc(-c4c(C(F)F)ccc(Cl)c4F)cnc3C)cn2)nnc1N1C[C@H]2C[C@H]2C1=O. The molecule has 1 saturated heterocycles. The number of hydrogen-bond acceptors (Lipinski definition) is 7. The van der Waals surface area contributed by atoms with Gasteiger partial charge in [-0.25, -0.2) is 18.2 Å². The van der Waals surface area contributed by atoms with Gasteiger partial charge in [-0.2, -0.15) is 10.2 Å². The zero-order chi connectivity index (χ0) is 29.9. The summed E-state index contributed by atoms with van der Waals surface area (Å²) in [7, 11) is 0. The van der Waals surface area contributed by atoms with E-state index < -0.39 is 29.3 Å². The first-order valence-electron chi connectivity index (χ1n) is 13.1. The van der Waals surface area contributed by atoms with Gasteiger partial charge in [0.25, 0.3) is 12.3 Å². The van der Waals surface area contributed by atoms with Gasteiger partial charge in [0.15, 0.2) is 11.6 Å². The Bertz CT molecular complexity index is 1750. The van der Waals surface area contributed by atoms with E-state index in [1.165, 1.54) is 13.1 Å². The minimum Gasteiger partial charge on any atom is -0.318 e. The van der Waals surface area contributed by atoms with Crippen LogP contribution in [0.5, 0.6) is 0 Å². The van der Waals surface area contributed by atoms with E-state index in [0.29, 0.717) is 29.7 Å². The second-order valence-corrected chi connectivity index (χ2v) is 10.9. The summed E-state index contributed by atoms with van der Waals surface area (Å²) in [5, 5.41) is 15.3. The number of halogens is 4. The number of anilines is 2. The highest BCUT2D eigenvalue weighted by atomic mass is 35.5. The molecule has 42 heavy (non-hydrogen) atoms. The van der Waals surface area contributed by atoms with Gasteiger partial charge >= 0.3 is 0 Å². The molecule has 0 spiro atoms. The quantitative estimate of drug-likeness (QED) is 0.307. The number of benzene rings is 1. The number of rotatable bonds is 7. The smallest absolute Gasteiger partial charge is 0.276 e. The number of piperidine rings is 1. The first-order chi connectivity index (χ1) is 20.0. The molecule has 0 radical (unpaired) electrons. The fourth-order valence-electron chi connectivity index (χ4n) is 5.17. The first kappa shape index (κ1) is 27.8. The lowest BCUT2D eigenvalue weighted by molar-refractivity contribution is -0.118. The number of alkyl halides is 2. The van der Waals surface area contributed by atoms with Crippen LogP contribution in [0, 0.1) is 31.5 Å². The van der Waals surface area contributed by atoms with E-state index in [9.17, 15) is 22.8 Å². The fourth-order valence-corrected chi connectivity index (χ4v) is 5.33. The van der Waals surface area contributed by atoms with Crippen LogP contribution in [-0.2, 0) is 4.79 Å². The van der Waals surface area contributed by atoms with Crippen molar-refractivity contribution in [2.75, 3.05) is 16.8 Å². The van der Waals surface area contributed by atoms with Gasteiger partial charge in [-0.05, 0) is 50.8 Å². The van der Waals surface area contributed by atoms with Gasteiger partial charge in [-0.15, -0.1) is 5.10 Å². The number of nitrogens with zero attached hydrogens (tertiary/aromatic N) is 7. The van der Waals surface area contributed by atoms with Crippen molar-refractivity contribution in [3.05, 3.63) is 75.8 Å². The Morgan fingerprint density at radius 2 is 1.98 bits per heavy atom. The van der Waals surface area contributed by atoms with Gasteiger partial charge in [0.05, 0.1) is 46.2 Å². The maximum absolute atomic E-state index is 14.8. The highest BCUT2D eigenvalue weighted by molar-refractivity contribution is 6.31. The Morgan fingerprint density at radius 3 is 2.67 bits per heavy atom. The highest BCUT2D eigenvalue weighted by Gasteiger charge is 2.53. The first-order valence-corrected chi connectivity index (χ1v) is 13.5. The summed E-state index contributed by atoms with van der Waals surface area (Å²) >= 11 is 5.83. The normalized spacial score (nSPS) is 18.4. The van der Waals surface area contributed by atoms with Gasteiger partial charge in [-0.3, -0.25) is 24.2 Å². The highest BCUT2D eigenvalue weighted by Crippen LogP contribution is 2.47. The lowest BCUT2D eigenvalue weighted by Crippen LogP contribution is -2.30. The van der Waals surface area contributed by atoms with E-state index in [0.717, 1.165) is 30.3 Å². The van der Waals surface area contributed by atoms with Crippen LogP contribution in [0.1, 0.15) is 58.8 Å². The van der Waals surface area contributed by atoms with Gasteiger partial charge in [-0.1, -0.05) is 17.7 Å². The van der Waals surface area contributed by atoms with E-state index in [-0.39, 0.29) is 40.0 Å². The van der Waals surface area contributed by atoms with Crippen molar-refractivity contribution >= 4 is 34.9 Å². The molecular weight excluding hydrogens is 573 g/mol. The van der Waals surface area contributed by atoms with E-state index >= 15 is 0 Å². The molecule has 10 nitrogen and oxygen atoms in total. The van der Waals surface area contributed by atoms with Crippen LogP contribution >= 0.6 is 11.6 Å². The molecule has 4 heterocycles. The molecule has 2 fully saturated rings. The van der Waals surface area contributed by atoms with Crippen LogP contribution in [-0.4, -0.2) is 48.3 Å². The third-order valence-electron chi connectivity index (χ3n) is 7.63. The van der Waals surface area contributed by atoms with E-state index in [1.807, 2.05) is 19.9 Å². The minimum atomic E-state index is -3.00. The lowest BCUT2D eigenvalue weighted by atomic mass is 10.0. The molecule has 1 N–H and O–H groups in total. The number of nitrogens with one attached hydrogen (secondary N) is 1. The van der Waals surface area contributed by atoms with E-state index in [4.69, 9.17) is 11.6 Å². The van der Waals surface area contributed by atoms with Crippen LogP contribution in [0.15, 0.2) is 36.8 Å². The standard InChI is InChI=1S/C28H24ClF3N8O2/c1-12-6-20(37-38-26(12)39-10-15-7-18(15)28(39)42)14(3)40-11-16(8-34-40)35-27(41)24-13(2)33-9-21(36-24)22-17(25(31)32)4-5-19(29)23(22)30/h4-6,8-9,11,14-15,18,25H,7,10H2,1-3H3,(H,35,41)/t14?,15-,18-/m1/s1. The van der Waals surface area contributed by atoms with Gasteiger partial charge in [0.2, 0.25) is 5.91 Å². The molecule has 1 aromatic carbocycles. The average Bonchev–Trinajstić information content (AvgIpc) is 3.46. The lowest BCUT2D eigenvalue weighted by Gasteiger charge is -2.20. The molecule has 4 aromatic rings. The molecule has 2 amide bonds. The van der Waals surface area contributed by atoms with Crippen molar-refractivity contribution in [2.24, 2.45) is 11.8 Å². The number of fused-ring (bicyclic) bond motifs is 1. The molecule has 2 aliphatic rings. The second kappa shape index (κ2) is 10.5. The van der Waals surface area contributed by atoms with E-state index in [1.54, 1.807) is 15.8 Å². The molecule has 1 saturated carbocycles. The van der Waals surface area contributed by atoms with Crippen molar-refractivity contribution in [1.29, 1.82) is 0 Å². The van der Waals surface area contributed by atoms with Crippen molar-refractivity contribution in [3.63, 3.8) is 0 Å². The third-order valence-corrected chi connectivity index (χ3v) is 7.92.